The zero-order chi connectivity index (χ0) is 8.91. The molecule has 11 heavy (non-hydrogen) atoms. The average molecular weight is 168 g/mol. The highest BCUT2D eigenvalue weighted by Gasteiger charge is 2.27. The largest absolute Gasteiger partial charge is 0.393 e. The quantitative estimate of drug-likeness (QED) is 0.621. The van der Waals surface area contributed by atoms with Crippen LogP contribution in [0.15, 0.2) is 0 Å². The van der Waals surface area contributed by atoms with Gasteiger partial charge in [0.25, 0.3) is 0 Å². The van der Waals surface area contributed by atoms with Crippen LogP contribution < -0.4 is 0 Å². The number of nitrogens with zero attached hydrogens (tertiary/aromatic N) is 1. The minimum Gasteiger partial charge on any atom is -0.303 e. The molecule has 0 aromatic rings. The van der Waals surface area contributed by atoms with E-state index in [0.717, 1.165) is 0 Å². The van der Waals surface area contributed by atoms with Gasteiger partial charge in [-0.1, -0.05) is 13.8 Å². The van der Waals surface area contributed by atoms with E-state index in [4.69, 9.17) is 0 Å². The molecule has 0 rings (SSSR count). The first kappa shape index (κ1) is 10.8. The second kappa shape index (κ2) is 4.59. The number of hydrogen-bond donors (Lipinski definition) is 0. The van der Waals surface area contributed by atoms with Crippen LogP contribution in [0.5, 0.6) is 0 Å². The summed E-state index contributed by atoms with van der Waals surface area (Å²) >= 11 is 0. The predicted molar refractivity (Wildman–Crippen MR) is 38.1 cm³/mol. The van der Waals surface area contributed by atoms with Crippen LogP contribution in [0, 0.1) is 6.42 Å². The van der Waals surface area contributed by atoms with Crippen LogP contribution >= 0.6 is 0 Å². The van der Waals surface area contributed by atoms with E-state index in [1.165, 1.54) is 0 Å². The number of alkyl halides is 3. The van der Waals surface area contributed by atoms with Crippen molar-refractivity contribution in [3.8, 4) is 0 Å². The molecule has 0 heterocycles. The Kier molecular flexibility index (Phi) is 4.49. The van der Waals surface area contributed by atoms with Crippen molar-refractivity contribution in [1.82, 2.24) is 4.90 Å². The predicted octanol–water partition coefficient (Wildman–Crippen LogP) is 2.09. The third kappa shape index (κ3) is 6.16. The Bertz CT molecular complexity index is 96.3. The zero-order valence-electron chi connectivity index (χ0n) is 6.78. The number of hydrogen-bond acceptors (Lipinski definition) is 1. The second-order valence-electron chi connectivity index (χ2n) is 2.23. The van der Waals surface area contributed by atoms with Crippen molar-refractivity contribution in [2.75, 3.05) is 19.6 Å². The van der Waals surface area contributed by atoms with Crippen LogP contribution in [0.2, 0.25) is 0 Å². The maximum Gasteiger partial charge on any atom is 0.393 e. The topological polar surface area (TPSA) is 3.24 Å². The Balaban J connectivity index is 3.51. The van der Waals surface area contributed by atoms with Crippen LogP contribution in [-0.2, 0) is 0 Å². The smallest absolute Gasteiger partial charge is 0.303 e. The molecule has 67 valence electrons. The summed E-state index contributed by atoms with van der Waals surface area (Å²) < 4.78 is 34.8. The van der Waals surface area contributed by atoms with E-state index < -0.39 is 6.18 Å². The van der Waals surface area contributed by atoms with E-state index >= 15 is 0 Å². The van der Waals surface area contributed by atoms with Crippen molar-refractivity contribution in [2.45, 2.75) is 20.0 Å². The molecule has 0 bridgehead atoms. The van der Waals surface area contributed by atoms with E-state index in [2.05, 4.69) is 0 Å². The van der Waals surface area contributed by atoms with Gasteiger partial charge in [0, 0.05) is 6.54 Å². The van der Waals surface area contributed by atoms with E-state index in [1.54, 1.807) is 4.90 Å². The van der Waals surface area contributed by atoms with Gasteiger partial charge < -0.3 is 4.90 Å². The summed E-state index contributed by atoms with van der Waals surface area (Å²) in [5, 5.41) is 0. The van der Waals surface area contributed by atoms with Gasteiger partial charge in [-0.2, -0.15) is 13.2 Å². The highest BCUT2D eigenvalue weighted by atomic mass is 19.4. The summed E-state index contributed by atoms with van der Waals surface area (Å²) in [6.45, 7) is 4.99. The average Bonchev–Trinajstić information content (AvgIpc) is 1.88. The van der Waals surface area contributed by atoms with Crippen molar-refractivity contribution >= 4 is 0 Å². The van der Waals surface area contributed by atoms with Gasteiger partial charge in [0.05, 0.1) is 6.42 Å². The molecule has 0 aromatic carbocycles. The third-order valence-corrected chi connectivity index (χ3v) is 1.48. The Morgan fingerprint density at radius 1 is 1.18 bits per heavy atom. The van der Waals surface area contributed by atoms with E-state index in [-0.39, 0.29) is 6.54 Å². The third-order valence-electron chi connectivity index (χ3n) is 1.48. The molecule has 0 saturated carbocycles. The fourth-order valence-corrected chi connectivity index (χ4v) is 0.714. The normalized spacial score (nSPS) is 12.5. The summed E-state index contributed by atoms with van der Waals surface area (Å²) in [5.74, 6) is 0. The van der Waals surface area contributed by atoms with Gasteiger partial charge in [0.15, 0.2) is 0 Å². The van der Waals surface area contributed by atoms with Crippen molar-refractivity contribution in [2.24, 2.45) is 0 Å². The lowest BCUT2D eigenvalue weighted by Crippen LogP contribution is -2.28. The minimum atomic E-state index is -4.14. The van der Waals surface area contributed by atoms with Crippen molar-refractivity contribution in [3.63, 3.8) is 0 Å². The van der Waals surface area contributed by atoms with Crippen LogP contribution in [0.1, 0.15) is 13.8 Å². The molecule has 0 aromatic heterocycles. The second-order valence-corrected chi connectivity index (χ2v) is 2.23. The van der Waals surface area contributed by atoms with Crippen molar-refractivity contribution < 1.29 is 13.2 Å². The fourth-order valence-electron chi connectivity index (χ4n) is 0.714. The van der Waals surface area contributed by atoms with Crippen LogP contribution in [-0.4, -0.2) is 30.7 Å². The minimum absolute atomic E-state index is 0.00347. The fraction of sp³-hybridized carbons (Fsp3) is 0.857. The number of halogens is 3. The lowest BCUT2D eigenvalue weighted by Gasteiger charge is -2.18. The summed E-state index contributed by atoms with van der Waals surface area (Å²) in [4.78, 5) is 1.70. The van der Waals surface area contributed by atoms with Crippen LogP contribution in [0.4, 0.5) is 13.2 Å². The molecule has 0 atom stereocenters. The molecule has 1 radical (unpaired) electrons. The SMILES string of the molecule is CCN(CC)C[CH]C(F)(F)F. The lowest BCUT2D eigenvalue weighted by molar-refractivity contribution is -0.0999. The molecule has 0 fully saturated rings. The van der Waals surface area contributed by atoms with E-state index in [9.17, 15) is 13.2 Å². The molecular weight excluding hydrogens is 155 g/mol. The van der Waals surface area contributed by atoms with Crippen LogP contribution in [0.25, 0.3) is 0 Å². The first-order valence-corrected chi connectivity index (χ1v) is 3.63. The molecule has 0 amide bonds. The van der Waals surface area contributed by atoms with Gasteiger partial charge in [0.2, 0.25) is 0 Å². The molecule has 0 saturated heterocycles. The molecule has 0 aliphatic carbocycles. The molecule has 0 N–H and O–H groups in total. The monoisotopic (exact) mass is 168 g/mol. The van der Waals surface area contributed by atoms with Gasteiger partial charge in [-0.05, 0) is 13.1 Å². The van der Waals surface area contributed by atoms with E-state index in [0.29, 0.717) is 19.5 Å². The molecular formula is C7H13F3N. The molecule has 1 nitrogen and oxygen atoms in total. The number of rotatable bonds is 4. The Morgan fingerprint density at radius 3 is 1.91 bits per heavy atom. The van der Waals surface area contributed by atoms with Gasteiger partial charge in [-0.25, -0.2) is 0 Å². The van der Waals surface area contributed by atoms with Gasteiger partial charge in [-0.15, -0.1) is 0 Å². The van der Waals surface area contributed by atoms with Gasteiger partial charge in [-0.3, -0.25) is 0 Å². The Morgan fingerprint density at radius 2 is 1.64 bits per heavy atom. The van der Waals surface area contributed by atoms with E-state index in [1.807, 2.05) is 13.8 Å². The first-order valence-electron chi connectivity index (χ1n) is 3.63. The van der Waals surface area contributed by atoms with Crippen LogP contribution in [0.3, 0.4) is 0 Å². The molecule has 0 aliphatic heterocycles. The standard InChI is InChI=1S/C7H13F3N/c1-3-11(4-2)6-5-7(8,9)10/h5H,3-4,6H2,1-2H3. The first-order chi connectivity index (χ1) is 4.99. The van der Waals surface area contributed by atoms with Crippen molar-refractivity contribution in [3.05, 3.63) is 6.42 Å². The highest BCUT2D eigenvalue weighted by molar-refractivity contribution is 4.77. The maximum absolute atomic E-state index is 11.6. The zero-order valence-corrected chi connectivity index (χ0v) is 6.78. The highest BCUT2D eigenvalue weighted by Crippen LogP contribution is 2.18. The van der Waals surface area contributed by atoms with Gasteiger partial charge >= 0.3 is 6.18 Å². The summed E-state index contributed by atoms with van der Waals surface area (Å²) in [7, 11) is 0. The summed E-state index contributed by atoms with van der Waals surface area (Å²) in [6, 6.07) is 0. The lowest BCUT2D eigenvalue weighted by atomic mass is 10.3. The molecule has 0 aliphatic rings. The maximum atomic E-state index is 11.6. The molecule has 0 spiro atoms. The Labute approximate surface area is 65.2 Å². The van der Waals surface area contributed by atoms with Crippen molar-refractivity contribution in [1.29, 1.82) is 0 Å². The molecule has 4 heteroatoms. The summed E-state index contributed by atoms with van der Waals surface area (Å²) in [6.07, 6.45) is -3.76. The Hall–Kier alpha value is -0.250. The summed E-state index contributed by atoms with van der Waals surface area (Å²) in [5.41, 5.74) is 0. The molecule has 0 unspecified atom stereocenters. The van der Waals surface area contributed by atoms with Gasteiger partial charge in [0.1, 0.15) is 0 Å².